The maximum Gasteiger partial charge on any atom is 0.211 e. The Morgan fingerprint density at radius 1 is 1.36 bits per heavy atom. The summed E-state index contributed by atoms with van der Waals surface area (Å²) in [5.74, 6) is 0.918. The Balaban J connectivity index is 0.00000225. The third-order valence-corrected chi connectivity index (χ3v) is 6.79. The highest BCUT2D eigenvalue weighted by Gasteiger charge is 2.42. The van der Waals surface area contributed by atoms with Crippen LogP contribution in [0.2, 0.25) is 0 Å². The molecule has 0 radical (unpaired) electrons. The number of aliphatic imine (C=N–C) groups is 1. The summed E-state index contributed by atoms with van der Waals surface area (Å²) in [4.78, 5) is 7.10. The van der Waals surface area contributed by atoms with Gasteiger partial charge < -0.3 is 15.0 Å². The molecule has 0 aliphatic carbocycles. The normalized spacial score (nSPS) is 30.9. The van der Waals surface area contributed by atoms with Crippen LogP contribution in [0.25, 0.3) is 0 Å². The van der Waals surface area contributed by atoms with E-state index in [0.29, 0.717) is 18.5 Å². The van der Waals surface area contributed by atoms with Crippen molar-refractivity contribution in [3.05, 3.63) is 0 Å². The number of rotatable bonds is 4. The zero-order valence-corrected chi connectivity index (χ0v) is 18.4. The fourth-order valence-electron chi connectivity index (χ4n) is 4.13. The standard InChI is InChI=1S/C16H30N4O3S.HI/c1-3-17-15(19-9-6-16(12-19)7-10-23-13-16)18-11-14-5-4-8-20(14)24(2,21)22;/h14H,3-13H2,1-2H3,(H,17,18);1H/t14-,16?;/m1./s1. The molecule has 3 fully saturated rings. The van der Waals surface area contributed by atoms with Crippen LogP contribution in [0.1, 0.15) is 32.6 Å². The highest BCUT2D eigenvalue weighted by molar-refractivity contribution is 14.0. The van der Waals surface area contributed by atoms with Gasteiger partial charge in [-0.25, -0.2) is 8.42 Å². The summed E-state index contributed by atoms with van der Waals surface area (Å²) < 4.78 is 31.0. The molecule has 1 N–H and O–H groups in total. The molecule has 3 saturated heterocycles. The quantitative estimate of drug-likeness (QED) is 0.366. The minimum Gasteiger partial charge on any atom is -0.381 e. The van der Waals surface area contributed by atoms with E-state index in [1.165, 1.54) is 6.26 Å². The van der Waals surface area contributed by atoms with Gasteiger partial charge in [-0.1, -0.05) is 0 Å². The first kappa shape index (κ1) is 21.2. The van der Waals surface area contributed by atoms with Gasteiger partial charge in [0.1, 0.15) is 0 Å². The zero-order chi connectivity index (χ0) is 17.2. The second kappa shape index (κ2) is 8.71. The number of nitrogens with zero attached hydrogens (tertiary/aromatic N) is 3. The maximum absolute atomic E-state index is 11.9. The molecule has 3 rings (SSSR count). The summed E-state index contributed by atoms with van der Waals surface area (Å²) >= 11 is 0. The first-order valence-electron chi connectivity index (χ1n) is 9.01. The van der Waals surface area contributed by atoms with Gasteiger partial charge in [0.25, 0.3) is 0 Å². The van der Waals surface area contributed by atoms with Gasteiger partial charge in [0.2, 0.25) is 10.0 Å². The average molecular weight is 486 g/mol. The third-order valence-electron chi connectivity index (χ3n) is 5.46. The number of hydrogen-bond acceptors (Lipinski definition) is 4. The van der Waals surface area contributed by atoms with Crippen LogP contribution in [0.4, 0.5) is 0 Å². The Kier molecular flexibility index (Phi) is 7.37. The number of nitrogens with one attached hydrogen (secondary N) is 1. The topological polar surface area (TPSA) is 74.2 Å². The van der Waals surface area contributed by atoms with E-state index >= 15 is 0 Å². The van der Waals surface area contributed by atoms with Crippen LogP contribution in [-0.2, 0) is 14.8 Å². The fraction of sp³-hybridized carbons (Fsp3) is 0.938. The molecule has 1 unspecified atom stereocenters. The largest absolute Gasteiger partial charge is 0.381 e. The highest BCUT2D eigenvalue weighted by Crippen LogP contribution is 2.38. The molecular formula is C16H31IN4O3S. The van der Waals surface area contributed by atoms with Crippen LogP contribution in [0.15, 0.2) is 4.99 Å². The molecule has 7 nitrogen and oxygen atoms in total. The van der Waals surface area contributed by atoms with E-state index in [9.17, 15) is 8.42 Å². The van der Waals surface area contributed by atoms with Crippen LogP contribution in [0.5, 0.6) is 0 Å². The lowest BCUT2D eigenvalue weighted by molar-refractivity contribution is 0.156. The molecule has 25 heavy (non-hydrogen) atoms. The van der Waals surface area contributed by atoms with Crippen molar-refractivity contribution in [2.45, 2.75) is 38.6 Å². The van der Waals surface area contributed by atoms with Crippen molar-refractivity contribution in [1.29, 1.82) is 0 Å². The number of ether oxygens (including phenoxy) is 1. The predicted molar refractivity (Wildman–Crippen MR) is 110 cm³/mol. The first-order valence-corrected chi connectivity index (χ1v) is 10.9. The Morgan fingerprint density at radius 3 is 2.80 bits per heavy atom. The molecule has 9 heteroatoms. The SMILES string of the molecule is CCNC(=NC[C@H]1CCCN1S(C)(=O)=O)N1CCC2(CCOC2)C1.I. The minimum absolute atomic E-state index is 0. The van der Waals surface area contributed by atoms with Gasteiger partial charge in [0, 0.05) is 44.2 Å². The monoisotopic (exact) mass is 486 g/mol. The van der Waals surface area contributed by atoms with Crippen LogP contribution in [0, 0.1) is 5.41 Å². The van der Waals surface area contributed by atoms with E-state index in [-0.39, 0.29) is 30.0 Å². The van der Waals surface area contributed by atoms with Crippen molar-refractivity contribution in [2.24, 2.45) is 10.4 Å². The summed E-state index contributed by atoms with van der Waals surface area (Å²) in [7, 11) is -3.14. The van der Waals surface area contributed by atoms with E-state index in [0.717, 1.165) is 64.5 Å². The van der Waals surface area contributed by atoms with Gasteiger partial charge in [0.15, 0.2) is 5.96 Å². The smallest absolute Gasteiger partial charge is 0.211 e. The third kappa shape index (κ3) is 4.98. The van der Waals surface area contributed by atoms with Crippen molar-refractivity contribution < 1.29 is 13.2 Å². The second-order valence-corrected chi connectivity index (χ2v) is 9.27. The summed E-state index contributed by atoms with van der Waals surface area (Å²) in [6, 6.07) is 0.0000308. The van der Waals surface area contributed by atoms with E-state index in [1.807, 2.05) is 0 Å². The highest BCUT2D eigenvalue weighted by atomic mass is 127. The average Bonchev–Trinajstić information content (AvgIpc) is 3.25. The van der Waals surface area contributed by atoms with E-state index in [4.69, 9.17) is 9.73 Å². The van der Waals surface area contributed by atoms with Crippen molar-refractivity contribution in [2.75, 3.05) is 52.2 Å². The fourth-order valence-corrected chi connectivity index (χ4v) is 5.31. The van der Waals surface area contributed by atoms with Gasteiger partial charge >= 0.3 is 0 Å². The molecule has 146 valence electrons. The van der Waals surface area contributed by atoms with E-state index < -0.39 is 10.0 Å². The first-order chi connectivity index (χ1) is 11.4. The molecule has 3 aliphatic heterocycles. The van der Waals surface area contributed by atoms with Gasteiger partial charge in [-0.15, -0.1) is 24.0 Å². The summed E-state index contributed by atoms with van der Waals surface area (Å²) in [6.07, 6.45) is 5.40. The van der Waals surface area contributed by atoms with Crippen molar-refractivity contribution in [1.82, 2.24) is 14.5 Å². The van der Waals surface area contributed by atoms with Crippen LogP contribution in [0.3, 0.4) is 0 Å². The Hall–Kier alpha value is -0.130. The minimum atomic E-state index is -3.14. The number of halogens is 1. The lowest BCUT2D eigenvalue weighted by Gasteiger charge is -2.26. The number of likely N-dealkylation sites (tertiary alicyclic amines) is 1. The summed E-state index contributed by atoms with van der Waals surface area (Å²) in [5.41, 5.74) is 0.294. The van der Waals surface area contributed by atoms with Crippen molar-refractivity contribution in [3.8, 4) is 0 Å². The number of guanidine groups is 1. The van der Waals surface area contributed by atoms with Crippen LogP contribution < -0.4 is 5.32 Å². The zero-order valence-electron chi connectivity index (χ0n) is 15.2. The predicted octanol–water partition coefficient (Wildman–Crippen LogP) is 1.11. The molecule has 0 amide bonds. The molecule has 0 saturated carbocycles. The van der Waals surface area contributed by atoms with Crippen LogP contribution >= 0.6 is 24.0 Å². The summed E-state index contributed by atoms with van der Waals surface area (Å²) in [5, 5.41) is 3.38. The number of hydrogen-bond donors (Lipinski definition) is 1. The molecule has 0 aromatic carbocycles. The van der Waals surface area contributed by atoms with Crippen LogP contribution in [-0.4, -0.2) is 81.8 Å². The molecule has 3 heterocycles. The van der Waals surface area contributed by atoms with E-state index in [1.54, 1.807) is 4.31 Å². The molecule has 3 aliphatic rings. The molecule has 0 bridgehead atoms. The molecular weight excluding hydrogens is 455 g/mol. The Bertz CT molecular complexity index is 578. The van der Waals surface area contributed by atoms with Crippen molar-refractivity contribution in [3.63, 3.8) is 0 Å². The molecule has 0 aromatic heterocycles. The van der Waals surface area contributed by atoms with Gasteiger partial charge in [-0.05, 0) is 32.6 Å². The van der Waals surface area contributed by atoms with Gasteiger partial charge in [-0.3, -0.25) is 4.99 Å². The van der Waals surface area contributed by atoms with E-state index in [2.05, 4.69) is 17.1 Å². The Labute approximate surface area is 168 Å². The number of sulfonamides is 1. The lowest BCUT2D eigenvalue weighted by Crippen LogP contribution is -2.43. The van der Waals surface area contributed by atoms with Gasteiger partial charge in [0.05, 0.1) is 19.4 Å². The lowest BCUT2D eigenvalue weighted by atomic mass is 9.87. The summed E-state index contributed by atoms with van der Waals surface area (Å²) in [6.45, 7) is 7.75. The molecule has 0 aromatic rings. The molecule has 2 atom stereocenters. The van der Waals surface area contributed by atoms with Crippen molar-refractivity contribution >= 4 is 40.0 Å². The maximum atomic E-state index is 11.9. The van der Waals surface area contributed by atoms with Gasteiger partial charge in [-0.2, -0.15) is 4.31 Å². The second-order valence-electron chi connectivity index (χ2n) is 7.34. The Morgan fingerprint density at radius 2 is 2.16 bits per heavy atom. The molecule has 1 spiro atoms.